The summed E-state index contributed by atoms with van der Waals surface area (Å²) in [5.74, 6) is 3.10. The fourth-order valence-corrected chi connectivity index (χ4v) is 5.99. The Hall–Kier alpha value is -2.79. The van der Waals surface area contributed by atoms with Gasteiger partial charge in [0.05, 0.1) is 0 Å². The highest BCUT2D eigenvalue weighted by Gasteiger charge is 2.42. The van der Waals surface area contributed by atoms with E-state index in [1.165, 1.54) is 6.07 Å². The molecule has 4 rings (SSSR count). The lowest BCUT2D eigenvalue weighted by Gasteiger charge is -2.36. The molecule has 1 aliphatic heterocycles. The van der Waals surface area contributed by atoms with Crippen molar-refractivity contribution >= 4 is 29.4 Å². The van der Waals surface area contributed by atoms with Crippen molar-refractivity contribution in [1.29, 1.82) is 0 Å². The Labute approximate surface area is 211 Å². The molecule has 0 saturated carbocycles. The van der Waals surface area contributed by atoms with Gasteiger partial charge in [0.15, 0.2) is 5.76 Å². The molecule has 0 aromatic carbocycles. The minimum Gasteiger partial charge on any atom is -0.502 e. The van der Waals surface area contributed by atoms with Crippen molar-refractivity contribution in [3.63, 3.8) is 0 Å². The van der Waals surface area contributed by atoms with Crippen LogP contribution in [-0.4, -0.2) is 49.7 Å². The predicted octanol–water partition coefficient (Wildman–Crippen LogP) is 3.86. The lowest BCUT2D eigenvalue weighted by Crippen LogP contribution is -2.39. The standard InChI is InChI=1S/C24H28N4O5S2/c1-15-12-18(29)20(31)21(32-15)24(6-10-35-11-7-24)13-19(30)26-17(5-9-34-2)23-27-22(28-33-23)16-4-3-8-25-14-16/h3-4,8,12,14,17,31H,5-7,9-11,13H2,1-2H3,(H,26,30). The molecule has 3 aromatic heterocycles. The van der Waals surface area contributed by atoms with Gasteiger partial charge in [-0.15, -0.1) is 0 Å². The molecule has 186 valence electrons. The summed E-state index contributed by atoms with van der Waals surface area (Å²) in [6, 6.07) is 4.42. The lowest BCUT2D eigenvalue weighted by atomic mass is 9.75. The van der Waals surface area contributed by atoms with Gasteiger partial charge in [0.2, 0.25) is 28.8 Å². The molecule has 0 bridgehead atoms. The average molecular weight is 517 g/mol. The van der Waals surface area contributed by atoms with Crippen LogP contribution >= 0.6 is 23.5 Å². The molecule has 1 amide bonds. The summed E-state index contributed by atoms with van der Waals surface area (Å²) >= 11 is 3.44. The number of nitrogens with one attached hydrogen (secondary N) is 1. The van der Waals surface area contributed by atoms with Crippen LogP contribution in [0.5, 0.6) is 5.75 Å². The van der Waals surface area contributed by atoms with E-state index in [0.29, 0.717) is 36.7 Å². The fraction of sp³-hybridized carbons (Fsp3) is 0.458. The third-order valence-corrected chi connectivity index (χ3v) is 7.71. The minimum absolute atomic E-state index is 0.0763. The van der Waals surface area contributed by atoms with E-state index in [2.05, 4.69) is 20.4 Å². The quantitative estimate of drug-likeness (QED) is 0.432. The number of aryl methyl sites for hydroxylation is 1. The monoisotopic (exact) mass is 516 g/mol. The van der Waals surface area contributed by atoms with E-state index in [9.17, 15) is 14.7 Å². The molecule has 35 heavy (non-hydrogen) atoms. The van der Waals surface area contributed by atoms with Crippen molar-refractivity contribution in [1.82, 2.24) is 20.4 Å². The van der Waals surface area contributed by atoms with Crippen molar-refractivity contribution in [3.8, 4) is 17.1 Å². The van der Waals surface area contributed by atoms with Gasteiger partial charge in [-0.3, -0.25) is 14.6 Å². The second kappa shape index (κ2) is 11.3. The van der Waals surface area contributed by atoms with Gasteiger partial charge in [0.1, 0.15) is 11.8 Å². The molecule has 1 fully saturated rings. The number of carbonyl (C=O) groups is 1. The second-order valence-electron chi connectivity index (χ2n) is 8.57. The molecule has 1 atom stereocenters. The molecule has 1 unspecified atom stereocenters. The highest BCUT2D eigenvalue weighted by Crippen LogP contribution is 2.44. The zero-order valence-corrected chi connectivity index (χ0v) is 21.3. The maximum Gasteiger partial charge on any atom is 0.249 e. The first-order valence-corrected chi connectivity index (χ1v) is 13.9. The molecule has 4 heterocycles. The third kappa shape index (κ3) is 5.90. The largest absolute Gasteiger partial charge is 0.502 e. The summed E-state index contributed by atoms with van der Waals surface area (Å²) < 4.78 is 11.4. The third-order valence-electron chi connectivity index (χ3n) is 6.08. The Morgan fingerprint density at radius 1 is 1.37 bits per heavy atom. The van der Waals surface area contributed by atoms with Crippen molar-refractivity contribution in [2.24, 2.45) is 0 Å². The average Bonchev–Trinajstić information content (AvgIpc) is 3.35. The molecule has 0 aliphatic carbocycles. The number of thioether (sulfide) groups is 2. The summed E-state index contributed by atoms with van der Waals surface area (Å²) in [6.45, 7) is 1.67. The van der Waals surface area contributed by atoms with Crippen LogP contribution < -0.4 is 10.7 Å². The highest BCUT2D eigenvalue weighted by molar-refractivity contribution is 7.99. The first-order chi connectivity index (χ1) is 16.9. The van der Waals surface area contributed by atoms with Crippen LogP contribution in [0.2, 0.25) is 0 Å². The first-order valence-electron chi connectivity index (χ1n) is 11.4. The maximum absolute atomic E-state index is 13.4. The van der Waals surface area contributed by atoms with E-state index < -0.39 is 22.6 Å². The number of hydrogen-bond acceptors (Lipinski definition) is 10. The fourth-order valence-electron chi connectivity index (χ4n) is 4.24. The van der Waals surface area contributed by atoms with Gasteiger partial charge < -0.3 is 19.4 Å². The maximum atomic E-state index is 13.4. The van der Waals surface area contributed by atoms with Gasteiger partial charge in [-0.05, 0) is 61.8 Å². The zero-order chi connectivity index (χ0) is 24.8. The first kappa shape index (κ1) is 25.3. The minimum atomic E-state index is -0.760. The molecule has 2 N–H and O–H groups in total. The number of pyridine rings is 1. The lowest BCUT2D eigenvalue weighted by molar-refractivity contribution is -0.123. The van der Waals surface area contributed by atoms with E-state index >= 15 is 0 Å². The van der Waals surface area contributed by atoms with Gasteiger partial charge in [-0.2, -0.15) is 28.5 Å². The van der Waals surface area contributed by atoms with Crippen LogP contribution in [0.3, 0.4) is 0 Å². The Morgan fingerprint density at radius 2 is 2.17 bits per heavy atom. The number of carbonyl (C=O) groups excluding carboxylic acids is 1. The topological polar surface area (TPSA) is 131 Å². The summed E-state index contributed by atoms with van der Waals surface area (Å²) in [7, 11) is 0. The Bertz CT molecular complexity index is 1210. The van der Waals surface area contributed by atoms with Crippen LogP contribution in [0.15, 0.2) is 44.3 Å². The van der Waals surface area contributed by atoms with Crippen LogP contribution in [0, 0.1) is 6.92 Å². The van der Waals surface area contributed by atoms with Gasteiger partial charge in [0.25, 0.3) is 0 Å². The summed E-state index contributed by atoms with van der Waals surface area (Å²) in [6.07, 6.45) is 7.22. The molecular formula is C24H28N4O5S2. The summed E-state index contributed by atoms with van der Waals surface area (Å²) in [5.41, 5.74) is -0.529. The second-order valence-corrected chi connectivity index (χ2v) is 10.8. The molecule has 9 nitrogen and oxygen atoms in total. The van der Waals surface area contributed by atoms with Crippen LogP contribution in [0.25, 0.3) is 11.4 Å². The molecule has 0 spiro atoms. The van der Waals surface area contributed by atoms with E-state index in [4.69, 9.17) is 8.94 Å². The normalized spacial score (nSPS) is 16.1. The number of aromatic hydroxyl groups is 1. The molecule has 1 saturated heterocycles. The number of hydrogen-bond donors (Lipinski definition) is 2. The van der Waals surface area contributed by atoms with E-state index in [-0.39, 0.29) is 18.1 Å². The molecule has 1 aliphatic rings. The number of rotatable bonds is 9. The molecular weight excluding hydrogens is 488 g/mol. The number of amides is 1. The summed E-state index contributed by atoms with van der Waals surface area (Å²) in [4.78, 5) is 34.2. The zero-order valence-electron chi connectivity index (χ0n) is 19.7. The molecule has 0 radical (unpaired) electrons. The summed E-state index contributed by atoms with van der Waals surface area (Å²) in [5, 5.41) is 17.7. The van der Waals surface area contributed by atoms with Gasteiger partial charge >= 0.3 is 0 Å². The Balaban J connectivity index is 1.58. The van der Waals surface area contributed by atoms with Gasteiger partial charge in [-0.1, -0.05) is 5.16 Å². The van der Waals surface area contributed by atoms with Crippen molar-refractivity contribution < 1.29 is 18.8 Å². The predicted molar refractivity (Wildman–Crippen MR) is 136 cm³/mol. The van der Waals surface area contributed by atoms with E-state index in [1.807, 2.05) is 12.3 Å². The van der Waals surface area contributed by atoms with E-state index in [0.717, 1.165) is 22.8 Å². The van der Waals surface area contributed by atoms with Crippen molar-refractivity contribution in [2.75, 3.05) is 23.5 Å². The number of aromatic nitrogens is 3. The molecule has 3 aromatic rings. The van der Waals surface area contributed by atoms with Gasteiger partial charge in [-0.25, -0.2) is 0 Å². The SMILES string of the molecule is CSCCC(NC(=O)CC1(c2oc(C)cc(=O)c2O)CCSCC1)c1nc(-c2cccnc2)no1. The van der Waals surface area contributed by atoms with Crippen LogP contribution in [0.4, 0.5) is 0 Å². The van der Waals surface area contributed by atoms with Crippen LogP contribution in [-0.2, 0) is 10.2 Å². The number of nitrogens with zero attached hydrogens (tertiary/aromatic N) is 3. The van der Waals surface area contributed by atoms with Crippen molar-refractivity contribution in [2.45, 2.75) is 44.1 Å². The smallest absolute Gasteiger partial charge is 0.249 e. The van der Waals surface area contributed by atoms with Crippen molar-refractivity contribution in [3.05, 3.63) is 58.2 Å². The van der Waals surface area contributed by atoms with E-state index in [1.54, 1.807) is 48.9 Å². The Kier molecular flexibility index (Phi) is 8.17. The van der Waals surface area contributed by atoms with Gasteiger partial charge in [0, 0.05) is 35.9 Å². The Morgan fingerprint density at radius 3 is 2.89 bits per heavy atom. The van der Waals surface area contributed by atoms with Crippen LogP contribution in [0.1, 0.15) is 49.1 Å². The highest BCUT2D eigenvalue weighted by atomic mass is 32.2. The molecule has 11 heteroatoms.